The predicted molar refractivity (Wildman–Crippen MR) is 93.1 cm³/mol. The van der Waals surface area contributed by atoms with Gasteiger partial charge in [-0.2, -0.15) is 0 Å². The third-order valence-corrected chi connectivity index (χ3v) is 4.19. The fraction of sp³-hybridized carbons (Fsp3) is 0.300. The summed E-state index contributed by atoms with van der Waals surface area (Å²) in [7, 11) is 4.17. The molecule has 0 spiro atoms. The molecule has 2 atom stereocenters. The molecule has 132 valence electrons. The number of hydrogen-bond donors (Lipinski definition) is 1. The number of fused-ring (bicyclic) bond motifs is 1. The summed E-state index contributed by atoms with van der Waals surface area (Å²) in [5, 5.41) is 12.7. The van der Waals surface area contributed by atoms with Crippen LogP contribution in [0.25, 0.3) is 10.8 Å². The van der Waals surface area contributed by atoms with E-state index in [2.05, 4.69) is 61.5 Å². The topological polar surface area (TPSA) is 23.5 Å². The minimum absolute atomic E-state index is 0. The normalized spacial score (nSPS) is 16.7. The van der Waals surface area contributed by atoms with Crippen molar-refractivity contribution in [1.29, 1.82) is 0 Å². The van der Waals surface area contributed by atoms with Crippen LogP contribution in [-0.2, 0) is 21.7 Å². The molecule has 0 amide bonds. The van der Waals surface area contributed by atoms with Crippen molar-refractivity contribution in [2.24, 2.45) is 0 Å². The smallest absolute Gasteiger partial charge is 1.00 e. The fourth-order valence-electron chi connectivity index (χ4n) is 3.30. The molecular formula is C20H23Cl2NOTi. The Bertz CT molecular complexity index is 756. The SMILES string of the molecule is CC(O)c1c(C2C=CC(CN(C)C)=C2)ccc2ccccc12.[Cl-].[Cl-].[Ti+2]. The van der Waals surface area contributed by atoms with Crippen molar-refractivity contribution in [1.82, 2.24) is 4.90 Å². The van der Waals surface area contributed by atoms with Gasteiger partial charge in [0.15, 0.2) is 0 Å². The number of halogens is 2. The molecule has 0 fully saturated rings. The van der Waals surface area contributed by atoms with Gasteiger partial charge in [-0.25, -0.2) is 0 Å². The molecular weight excluding hydrogens is 389 g/mol. The van der Waals surface area contributed by atoms with E-state index in [0.717, 1.165) is 17.5 Å². The molecule has 2 aromatic rings. The molecule has 0 saturated heterocycles. The van der Waals surface area contributed by atoms with Crippen molar-refractivity contribution in [2.75, 3.05) is 20.6 Å². The molecule has 1 N–H and O–H groups in total. The van der Waals surface area contributed by atoms with Gasteiger partial charge in [-0.1, -0.05) is 54.6 Å². The van der Waals surface area contributed by atoms with Crippen molar-refractivity contribution in [3.05, 3.63) is 71.3 Å². The summed E-state index contributed by atoms with van der Waals surface area (Å²) in [6, 6.07) is 12.6. The molecule has 0 aromatic heterocycles. The Kier molecular flexibility index (Phi) is 10.3. The van der Waals surface area contributed by atoms with E-state index >= 15 is 0 Å². The molecule has 0 radical (unpaired) electrons. The maximum Gasteiger partial charge on any atom is 2.00 e. The van der Waals surface area contributed by atoms with Crippen LogP contribution >= 0.6 is 0 Å². The fourth-order valence-corrected chi connectivity index (χ4v) is 3.30. The largest absolute Gasteiger partial charge is 2.00 e. The molecule has 25 heavy (non-hydrogen) atoms. The molecule has 3 rings (SSSR count). The monoisotopic (exact) mass is 411 g/mol. The van der Waals surface area contributed by atoms with E-state index < -0.39 is 6.10 Å². The van der Waals surface area contributed by atoms with Crippen molar-refractivity contribution in [3.8, 4) is 0 Å². The molecule has 1 aliphatic carbocycles. The summed E-state index contributed by atoms with van der Waals surface area (Å²) in [6.45, 7) is 2.80. The van der Waals surface area contributed by atoms with Crippen LogP contribution < -0.4 is 24.8 Å². The Hall–Kier alpha value is -0.606. The van der Waals surface area contributed by atoms with Crippen LogP contribution in [0.15, 0.2) is 60.2 Å². The first kappa shape index (κ1) is 24.4. The summed E-state index contributed by atoms with van der Waals surface area (Å²) in [6.07, 6.45) is 6.26. The van der Waals surface area contributed by atoms with Gasteiger partial charge in [0, 0.05) is 12.5 Å². The molecule has 0 heterocycles. The van der Waals surface area contributed by atoms with Gasteiger partial charge in [0.1, 0.15) is 0 Å². The Balaban J connectivity index is 0.00000192. The molecule has 2 unspecified atom stereocenters. The summed E-state index contributed by atoms with van der Waals surface area (Å²) >= 11 is 0. The van der Waals surface area contributed by atoms with E-state index in [1.165, 1.54) is 16.5 Å². The number of likely N-dealkylation sites (N-methyl/N-ethyl adjacent to an activating group) is 1. The van der Waals surface area contributed by atoms with Gasteiger partial charge in [0.2, 0.25) is 0 Å². The molecule has 0 aliphatic heterocycles. The zero-order chi connectivity index (χ0) is 15.7. The van der Waals surface area contributed by atoms with Gasteiger partial charge in [-0.05, 0) is 48.5 Å². The standard InChI is InChI=1S/C20H23NO.2ClH.Ti/c1-14(22)20-18-7-5-4-6-16(18)10-11-19(20)17-9-8-15(12-17)13-21(2)3;;;/h4-12,14,17,22H,13H2,1-3H3;2*1H;/q;;;+2/p-2. The maximum absolute atomic E-state index is 10.3. The average molecular weight is 412 g/mol. The van der Waals surface area contributed by atoms with E-state index in [1.54, 1.807) is 0 Å². The Morgan fingerprint density at radius 3 is 2.40 bits per heavy atom. The van der Waals surface area contributed by atoms with Crippen LogP contribution in [0.4, 0.5) is 0 Å². The van der Waals surface area contributed by atoms with Gasteiger partial charge < -0.3 is 34.8 Å². The summed E-state index contributed by atoms with van der Waals surface area (Å²) in [4.78, 5) is 2.18. The predicted octanol–water partition coefficient (Wildman–Crippen LogP) is -1.96. The zero-order valence-corrected chi connectivity index (χ0v) is 17.8. The van der Waals surface area contributed by atoms with Crippen LogP contribution in [0.2, 0.25) is 0 Å². The van der Waals surface area contributed by atoms with Gasteiger partial charge >= 0.3 is 21.7 Å². The first-order chi connectivity index (χ1) is 10.6. The molecule has 1 aliphatic rings. The third kappa shape index (κ3) is 5.43. The summed E-state index contributed by atoms with van der Waals surface area (Å²) in [5.41, 5.74) is 3.59. The number of benzene rings is 2. The van der Waals surface area contributed by atoms with Crippen LogP contribution in [0.1, 0.15) is 30.1 Å². The van der Waals surface area contributed by atoms with Crippen LogP contribution in [-0.4, -0.2) is 30.6 Å². The van der Waals surface area contributed by atoms with E-state index in [1.807, 2.05) is 19.1 Å². The first-order valence-corrected chi connectivity index (χ1v) is 7.79. The second-order valence-electron chi connectivity index (χ2n) is 6.33. The Morgan fingerprint density at radius 2 is 1.76 bits per heavy atom. The molecule has 5 heteroatoms. The minimum atomic E-state index is -0.471. The quantitative estimate of drug-likeness (QED) is 0.590. The number of aliphatic hydroxyl groups excluding tert-OH is 1. The van der Waals surface area contributed by atoms with Crippen LogP contribution in [0.5, 0.6) is 0 Å². The molecule has 2 nitrogen and oxygen atoms in total. The molecule has 0 bridgehead atoms. The van der Waals surface area contributed by atoms with Gasteiger partial charge in [-0.3, -0.25) is 0 Å². The van der Waals surface area contributed by atoms with Crippen molar-refractivity contribution in [2.45, 2.75) is 18.9 Å². The van der Waals surface area contributed by atoms with Crippen LogP contribution in [0.3, 0.4) is 0 Å². The Labute approximate surface area is 177 Å². The van der Waals surface area contributed by atoms with Crippen molar-refractivity contribution in [3.63, 3.8) is 0 Å². The van der Waals surface area contributed by atoms with Crippen molar-refractivity contribution < 1.29 is 51.6 Å². The second kappa shape index (κ2) is 10.5. The van der Waals surface area contributed by atoms with Gasteiger partial charge in [-0.15, -0.1) is 0 Å². The Morgan fingerprint density at radius 1 is 1.08 bits per heavy atom. The average Bonchev–Trinajstić information content (AvgIpc) is 2.93. The van der Waals surface area contributed by atoms with E-state index in [-0.39, 0.29) is 52.4 Å². The first-order valence-electron chi connectivity index (χ1n) is 7.79. The van der Waals surface area contributed by atoms with Crippen LogP contribution in [0, 0.1) is 0 Å². The number of allylic oxidation sites excluding steroid dienone is 2. The van der Waals surface area contributed by atoms with E-state index in [0.29, 0.717) is 0 Å². The summed E-state index contributed by atoms with van der Waals surface area (Å²) < 4.78 is 0. The number of nitrogens with zero attached hydrogens (tertiary/aromatic N) is 1. The molecule has 2 aromatic carbocycles. The van der Waals surface area contributed by atoms with Gasteiger partial charge in [0.25, 0.3) is 0 Å². The number of hydrogen-bond acceptors (Lipinski definition) is 2. The second-order valence-corrected chi connectivity index (χ2v) is 6.33. The number of aliphatic hydroxyl groups is 1. The van der Waals surface area contributed by atoms with Gasteiger partial charge in [0.05, 0.1) is 6.10 Å². The third-order valence-electron chi connectivity index (χ3n) is 4.19. The number of rotatable bonds is 4. The summed E-state index contributed by atoms with van der Waals surface area (Å²) in [5.74, 6) is 0.254. The van der Waals surface area contributed by atoms with E-state index in [4.69, 9.17) is 0 Å². The zero-order valence-electron chi connectivity index (χ0n) is 14.7. The minimum Gasteiger partial charge on any atom is -1.00 e. The molecule has 0 saturated carbocycles. The van der Waals surface area contributed by atoms with Crippen molar-refractivity contribution >= 4 is 10.8 Å². The van der Waals surface area contributed by atoms with E-state index in [9.17, 15) is 5.11 Å². The maximum atomic E-state index is 10.3.